The van der Waals surface area contributed by atoms with Crippen LogP contribution in [0.5, 0.6) is 5.75 Å². The summed E-state index contributed by atoms with van der Waals surface area (Å²) < 4.78 is 5.40. The van der Waals surface area contributed by atoms with E-state index < -0.39 is 0 Å². The molecule has 3 rings (SSSR count). The molecule has 1 aromatic rings. The third-order valence-electron chi connectivity index (χ3n) is 5.55. The zero-order valence-corrected chi connectivity index (χ0v) is 13.5. The number of ether oxygens (including phenoxy) is 1. The van der Waals surface area contributed by atoms with Crippen molar-refractivity contribution in [1.29, 1.82) is 0 Å². The zero-order valence-electron chi connectivity index (χ0n) is 13.5. The lowest BCUT2D eigenvalue weighted by Crippen LogP contribution is -2.56. The highest BCUT2D eigenvalue weighted by Crippen LogP contribution is 2.47. The SMILES string of the molecule is COc1ccc2c(c1)C(C)(C)[C@@H]1CCCN(C(C)=O)[C@H]1C2. The molecule has 1 fully saturated rings. The first kappa shape index (κ1) is 14.4. The zero-order chi connectivity index (χ0) is 15.2. The van der Waals surface area contributed by atoms with E-state index in [0.717, 1.165) is 25.1 Å². The van der Waals surface area contributed by atoms with Crippen molar-refractivity contribution in [3.8, 4) is 5.75 Å². The quantitative estimate of drug-likeness (QED) is 0.794. The lowest BCUT2D eigenvalue weighted by molar-refractivity contribution is -0.135. The van der Waals surface area contributed by atoms with E-state index in [1.807, 2.05) is 6.07 Å². The van der Waals surface area contributed by atoms with Crippen molar-refractivity contribution in [3.05, 3.63) is 29.3 Å². The van der Waals surface area contributed by atoms with Crippen LogP contribution in [-0.4, -0.2) is 30.5 Å². The van der Waals surface area contributed by atoms with Gasteiger partial charge in [0.1, 0.15) is 5.75 Å². The number of nitrogens with zero attached hydrogens (tertiary/aromatic N) is 1. The third kappa shape index (κ3) is 2.23. The van der Waals surface area contributed by atoms with Gasteiger partial charge < -0.3 is 9.64 Å². The number of carbonyl (C=O) groups is 1. The molecule has 0 N–H and O–H groups in total. The number of fused-ring (bicyclic) bond motifs is 2. The number of carbonyl (C=O) groups excluding carboxylic acids is 1. The highest BCUT2D eigenvalue weighted by Gasteiger charge is 2.46. The lowest BCUT2D eigenvalue weighted by atomic mass is 9.60. The Balaban J connectivity index is 2.06. The molecule has 0 saturated carbocycles. The number of likely N-dealkylation sites (tertiary alicyclic amines) is 1. The van der Waals surface area contributed by atoms with E-state index in [0.29, 0.717) is 12.0 Å². The second kappa shape index (κ2) is 5.04. The maximum absolute atomic E-state index is 12.0. The summed E-state index contributed by atoms with van der Waals surface area (Å²) in [7, 11) is 1.72. The molecule has 0 bridgehead atoms. The van der Waals surface area contributed by atoms with E-state index >= 15 is 0 Å². The first-order valence-corrected chi connectivity index (χ1v) is 7.89. The normalized spacial score (nSPS) is 26.8. The van der Waals surface area contributed by atoms with Crippen molar-refractivity contribution < 1.29 is 9.53 Å². The number of hydrogen-bond acceptors (Lipinski definition) is 2. The number of piperidine rings is 1. The predicted octanol–water partition coefficient (Wildman–Crippen LogP) is 3.16. The summed E-state index contributed by atoms with van der Waals surface area (Å²) >= 11 is 0. The fourth-order valence-corrected chi connectivity index (χ4v) is 4.43. The van der Waals surface area contributed by atoms with Crippen LogP contribution in [-0.2, 0) is 16.6 Å². The molecular weight excluding hydrogens is 262 g/mol. The molecule has 1 aliphatic heterocycles. The van der Waals surface area contributed by atoms with Crippen molar-refractivity contribution in [1.82, 2.24) is 4.90 Å². The van der Waals surface area contributed by atoms with E-state index in [9.17, 15) is 4.79 Å². The van der Waals surface area contributed by atoms with Gasteiger partial charge in [0.2, 0.25) is 5.91 Å². The Morgan fingerprint density at radius 1 is 1.38 bits per heavy atom. The van der Waals surface area contributed by atoms with Gasteiger partial charge >= 0.3 is 0 Å². The van der Waals surface area contributed by atoms with Crippen molar-refractivity contribution in [3.63, 3.8) is 0 Å². The van der Waals surface area contributed by atoms with Crippen LogP contribution in [0.4, 0.5) is 0 Å². The smallest absolute Gasteiger partial charge is 0.219 e. The van der Waals surface area contributed by atoms with Crippen molar-refractivity contribution in [2.24, 2.45) is 5.92 Å². The fraction of sp³-hybridized carbons (Fsp3) is 0.611. The lowest BCUT2D eigenvalue weighted by Gasteiger charge is -2.52. The molecule has 1 aromatic carbocycles. The van der Waals surface area contributed by atoms with Crippen LogP contribution in [0.1, 0.15) is 44.7 Å². The third-order valence-corrected chi connectivity index (χ3v) is 5.55. The molecule has 2 atom stereocenters. The summed E-state index contributed by atoms with van der Waals surface area (Å²) in [5, 5.41) is 0. The highest BCUT2D eigenvalue weighted by atomic mass is 16.5. The topological polar surface area (TPSA) is 29.5 Å². The van der Waals surface area contributed by atoms with Gasteiger partial charge in [-0.2, -0.15) is 0 Å². The minimum absolute atomic E-state index is 0.0842. The average molecular weight is 287 g/mol. The Bertz CT molecular complexity index is 564. The summed E-state index contributed by atoms with van der Waals surface area (Å²) in [6.45, 7) is 7.27. The molecule has 3 heteroatoms. The van der Waals surface area contributed by atoms with Crippen LogP contribution in [0.3, 0.4) is 0 Å². The Kier molecular flexibility index (Phi) is 3.46. The second-order valence-corrected chi connectivity index (χ2v) is 6.98. The minimum atomic E-state index is 0.0842. The number of methoxy groups -OCH3 is 1. The van der Waals surface area contributed by atoms with Crippen molar-refractivity contribution >= 4 is 5.91 Å². The largest absolute Gasteiger partial charge is 0.497 e. The van der Waals surface area contributed by atoms with Crippen LogP contribution in [0.2, 0.25) is 0 Å². The average Bonchev–Trinajstić information content (AvgIpc) is 2.46. The van der Waals surface area contributed by atoms with Gasteiger partial charge in [0.25, 0.3) is 0 Å². The number of amides is 1. The molecule has 1 amide bonds. The Hall–Kier alpha value is -1.51. The number of benzene rings is 1. The first-order chi connectivity index (χ1) is 9.95. The molecule has 0 aromatic heterocycles. The van der Waals surface area contributed by atoms with Gasteiger partial charge in [-0.05, 0) is 53.9 Å². The van der Waals surface area contributed by atoms with E-state index in [4.69, 9.17) is 4.74 Å². The minimum Gasteiger partial charge on any atom is -0.497 e. The molecule has 1 heterocycles. The molecule has 2 aliphatic rings. The molecule has 114 valence electrons. The van der Waals surface area contributed by atoms with Gasteiger partial charge in [0.15, 0.2) is 0 Å². The molecule has 0 unspecified atom stereocenters. The monoisotopic (exact) mass is 287 g/mol. The Labute approximate surface area is 127 Å². The molecule has 1 saturated heterocycles. The van der Waals surface area contributed by atoms with E-state index in [2.05, 4.69) is 30.9 Å². The number of hydrogen-bond donors (Lipinski definition) is 0. The Morgan fingerprint density at radius 2 is 2.14 bits per heavy atom. The molecule has 0 radical (unpaired) electrons. The standard InChI is InChI=1S/C18H25NO2/c1-12(20)19-9-5-6-15-17(19)10-13-7-8-14(21-4)11-16(13)18(15,2)3/h7-8,11,15,17H,5-6,9-10H2,1-4H3/t15-,17+/m1/s1. The summed E-state index contributed by atoms with van der Waals surface area (Å²) in [5.74, 6) is 1.69. The summed E-state index contributed by atoms with van der Waals surface area (Å²) in [5.41, 5.74) is 2.85. The van der Waals surface area contributed by atoms with Crippen molar-refractivity contribution in [2.45, 2.75) is 51.5 Å². The summed E-state index contributed by atoms with van der Waals surface area (Å²) in [6, 6.07) is 6.76. The van der Waals surface area contributed by atoms with E-state index in [1.54, 1.807) is 14.0 Å². The highest BCUT2D eigenvalue weighted by molar-refractivity contribution is 5.74. The van der Waals surface area contributed by atoms with E-state index in [1.165, 1.54) is 17.5 Å². The van der Waals surface area contributed by atoms with Crippen molar-refractivity contribution in [2.75, 3.05) is 13.7 Å². The van der Waals surface area contributed by atoms with Crippen LogP contribution >= 0.6 is 0 Å². The van der Waals surface area contributed by atoms with Gasteiger partial charge in [0.05, 0.1) is 7.11 Å². The fourth-order valence-electron chi connectivity index (χ4n) is 4.43. The first-order valence-electron chi connectivity index (χ1n) is 7.89. The van der Waals surface area contributed by atoms with Crippen LogP contribution in [0.15, 0.2) is 18.2 Å². The molecular formula is C18H25NO2. The van der Waals surface area contributed by atoms with Crippen LogP contribution in [0, 0.1) is 5.92 Å². The van der Waals surface area contributed by atoms with Crippen LogP contribution < -0.4 is 4.74 Å². The van der Waals surface area contributed by atoms with Gasteiger partial charge in [-0.1, -0.05) is 19.9 Å². The summed E-state index contributed by atoms with van der Waals surface area (Å²) in [6.07, 6.45) is 3.30. The predicted molar refractivity (Wildman–Crippen MR) is 83.6 cm³/mol. The van der Waals surface area contributed by atoms with Gasteiger partial charge in [0, 0.05) is 19.5 Å². The second-order valence-electron chi connectivity index (χ2n) is 6.98. The molecule has 0 spiro atoms. The molecule has 1 aliphatic carbocycles. The maximum Gasteiger partial charge on any atom is 0.219 e. The Morgan fingerprint density at radius 3 is 2.81 bits per heavy atom. The van der Waals surface area contributed by atoms with E-state index in [-0.39, 0.29) is 11.3 Å². The van der Waals surface area contributed by atoms with Gasteiger partial charge in [-0.15, -0.1) is 0 Å². The molecule has 21 heavy (non-hydrogen) atoms. The number of rotatable bonds is 1. The van der Waals surface area contributed by atoms with Gasteiger partial charge in [-0.3, -0.25) is 4.79 Å². The van der Waals surface area contributed by atoms with Gasteiger partial charge in [-0.25, -0.2) is 0 Å². The molecule has 3 nitrogen and oxygen atoms in total. The summed E-state index contributed by atoms with van der Waals surface area (Å²) in [4.78, 5) is 14.1. The van der Waals surface area contributed by atoms with Crippen LogP contribution in [0.25, 0.3) is 0 Å². The maximum atomic E-state index is 12.0.